The number of hydrogen-bond donors (Lipinski definition) is 1. The van der Waals surface area contributed by atoms with E-state index in [4.69, 9.17) is 6.42 Å². The van der Waals surface area contributed by atoms with Crippen LogP contribution in [0.1, 0.15) is 29.8 Å². The van der Waals surface area contributed by atoms with Crippen LogP contribution in [0.5, 0.6) is 0 Å². The first-order valence-corrected chi connectivity index (χ1v) is 5.12. The summed E-state index contributed by atoms with van der Waals surface area (Å²) in [6, 6.07) is 7.11. The van der Waals surface area contributed by atoms with Gasteiger partial charge in [0.1, 0.15) is 0 Å². The Morgan fingerprint density at radius 1 is 1.44 bits per heavy atom. The summed E-state index contributed by atoms with van der Waals surface area (Å²) in [6.07, 6.45) is 7.28. The van der Waals surface area contributed by atoms with Crippen LogP contribution in [0, 0.1) is 12.3 Å². The van der Waals surface area contributed by atoms with Crippen molar-refractivity contribution in [3.8, 4) is 12.3 Å². The lowest BCUT2D eigenvalue weighted by atomic mass is 10.1. The Bertz CT molecular complexity index is 448. The summed E-state index contributed by atoms with van der Waals surface area (Å²) in [4.78, 5) is 11.8. The first kappa shape index (κ1) is 12.1. The molecule has 0 aliphatic heterocycles. The largest absolute Gasteiger partial charge is 0.349 e. The van der Waals surface area contributed by atoms with E-state index in [0.717, 1.165) is 0 Å². The van der Waals surface area contributed by atoms with Crippen LogP contribution in [0.3, 0.4) is 0 Å². The van der Waals surface area contributed by atoms with E-state index in [-0.39, 0.29) is 5.91 Å². The number of carbonyl (C=O) groups excluding carboxylic acids is 1. The first-order valence-electron chi connectivity index (χ1n) is 5.12. The maximum atomic E-state index is 11.8. The molecule has 0 radical (unpaired) electrons. The molecule has 0 spiro atoms. The van der Waals surface area contributed by atoms with Crippen molar-refractivity contribution in [3.05, 3.63) is 47.0 Å². The minimum absolute atomic E-state index is 0.133. The van der Waals surface area contributed by atoms with Crippen molar-refractivity contribution < 1.29 is 4.79 Å². The van der Waals surface area contributed by atoms with E-state index in [1.54, 1.807) is 18.2 Å². The molecule has 2 nitrogen and oxygen atoms in total. The summed E-state index contributed by atoms with van der Waals surface area (Å²) in [6.45, 7) is 4.50. The van der Waals surface area contributed by atoms with Crippen molar-refractivity contribution in [1.29, 1.82) is 0 Å². The van der Waals surface area contributed by atoms with Crippen LogP contribution in [0.4, 0.5) is 0 Å². The number of amides is 1. The maximum Gasteiger partial charge on any atom is 0.252 e. The molecule has 82 valence electrons. The van der Waals surface area contributed by atoms with E-state index >= 15 is 0 Å². The molecule has 1 aromatic rings. The van der Waals surface area contributed by atoms with Crippen molar-refractivity contribution in [1.82, 2.24) is 5.32 Å². The number of allylic oxidation sites excluding steroid dienone is 1. The highest BCUT2D eigenvalue weighted by Gasteiger charge is 2.07. The van der Waals surface area contributed by atoms with Crippen LogP contribution < -0.4 is 5.32 Å². The second-order valence-corrected chi connectivity index (χ2v) is 3.68. The predicted molar refractivity (Wildman–Crippen MR) is 66.1 cm³/mol. The molecule has 0 atom stereocenters. The highest BCUT2D eigenvalue weighted by molar-refractivity contribution is 5.96. The predicted octanol–water partition coefficient (Wildman–Crippen LogP) is 2.36. The van der Waals surface area contributed by atoms with E-state index in [1.807, 2.05) is 26.0 Å². The quantitative estimate of drug-likeness (QED) is 0.606. The molecule has 1 aromatic carbocycles. The molecule has 1 amide bonds. The van der Waals surface area contributed by atoms with Crippen molar-refractivity contribution in [2.45, 2.75) is 13.8 Å². The van der Waals surface area contributed by atoms with Crippen molar-refractivity contribution >= 4 is 5.91 Å². The molecule has 0 aromatic heterocycles. The molecule has 0 aliphatic rings. The minimum atomic E-state index is -0.133. The van der Waals surface area contributed by atoms with Gasteiger partial charge in [0.2, 0.25) is 0 Å². The monoisotopic (exact) mass is 213 g/mol. The third-order valence-corrected chi connectivity index (χ3v) is 2.10. The molecule has 0 unspecified atom stereocenters. The summed E-state index contributed by atoms with van der Waals surface area (Å²) >= 11 is 0. The van der Waals surface area contributed by atoms with Gasteiger partial charge in [0.25, 0.3) is 5.91 Å². The third kappa shape index (κ3) is 3.29. The summed E-state index contributed by atoms with van der Waals surface area (Å²) in [5.41, 5.74) is 2.34. The van der Waals surface area contributed by atoms with Crippen molar-refractivity contribution in [3.63, 3.8) is 0 Å². The maximum absolute atomic E-state index is 11.8. The van der Waals surface area contributed by atoms with Gasteiger partial charge in [-0.3, -0.25) is 4.79 Å². The Morgan fingerprint density at radius 3 is 2.75 bits per heavy atom. The highest BCUT2D eigenvalue weighted by Crippen LogP contribution is 2.06. The SMILES string of the molecule is C#Cc1ccccc1C(=O)NCC=C(C)C. The van der Waals surface area contributed by atoms with Gasteiger partial charge in [-0.15, -0.1) is 6.42 Å². The average Bonchev–Trinajstić information content (AvgIpc) is 2.28. The van der Waals surface area contributed by atoms with Crippen molar-refractivity contribution in [2.24, 2.45) is 0 Å². The standard InChI is InChI=1S/C14H15NO/c1-4-12-7-5-6-8-13(12)14(16)15-10-9-11(2)3/h1,5-9H,10H2,2-3H3,(H,15,16). The number of carbonyl (C=O) groups is 1. The molecular weight excluding hydrogens is 198 g/mol. The second kappa shape index (κ2) is 5.77. The van der Waals surface area contributed by atoms with Crippen LogP contribution >= 0.6 is 0 Å². The van der Waals surface area contributed by atoms with Gasteiger partial charge in [-0.05, 0) is 26.0 Å². The third-order valence-electron chi connectivity index (χ3n) is 2.10. The van der Waals surface area contributed by atoms with Gasteiger partial charge < -0.3 is 5.32 Å². The molecule has 0 saturated heterocycles. The fourth-order valence-electron chi connectivity index (χ4n) is 1.25. The lowest BCUT2D eigenvalue weighted by Gasteiger charge is -2.04. The average molecular weight is 213 g/mol. The number of nitrogens with one attached hydrogen (secondary N) is 1. The minimum Gasteiger partial charge on any atom is -0.349 e. The fourth-order valence-corrected chi connectivity index (χ4v) is 1.25. The van der Waals surface area contributed by atoms with Gasteiger partial charge in [-0.25, -0.2) is 0 Å². The zero-order valence-electron chi connectivity index (χ0n) is 9.58. The van der Waals surface area contributed by atoms with Gasteiger partial charge in [0.05, 0.1) is 5.56 Å². The summed E-state index contributed by atoms with van der Waals surface area (Å²) < 4.78 is 0. The van der Waals surface area contributed by atoms with E-state index in [0.29, 0.717) is 17.7 Å². The Hall–Kier alpha value is -2.01. The van der Waals surface area contributed by atoms with E-state index in [9.17, 15) is 4.79 Å². The van der Waals surface area contributed by atoms with Gasteiger partial charge in [-0.1, -0.05) is 29.7 Å². The number of benzene rings is 1. The van der Waals surface area contributed by atoms with Crippen LogP contribution in [0.2, 0.25) is 0 Å². The highest BCUT2D eigenvalue weighted by atomic mass is 16.1. The second-order valence-electron chi connectivity index (χ2n) is 3.68. The molecule has 0 aliphatic carbocycles. The lowest BCUT2D eigenvalue weighted by Crippen LogP contribution is -2.24. The molecule has 0 fully saturated rings. The molecule has 1 rings (SSSR count). The Kier molecular flexibility index (Phi) is 4.35. The Labute approximate surface area is 96.4 Å². The molecule has 0 bridgehead atoms. The topological polar surface area (TPSA) is 29.1 Å². The lowest BCUT2D eigenvalue weighted by molar-refractivity contribution is 0.0958. The van der Waals surface area contributed by atoms with Gasteiger partial charge in [0, 0.05) is 12.1 Å². The zero-order valence-corrected chi connectivity index (χ0v) is 9.58. The number of hydrogen-bond acceptors (Lipinski definition) is 1. The molecular formula is C14H15NO. The Morgan fingerprint density at radius 2 is 2.12 bits per heavy atom. The molecule has 1 N–H and O–H groups in total. The number of rotatable bonds is 3. The van der Waals surface area contributed by atoms with Crippen molar-refractivity contribution in [2.75, 3.05) is 6.54 Å². The first-order chi connectivity index (χ1) is 7.65. The van der Waals surface area contributed by atoms with E-state index < -0.39 is 0 Å². The van der Waals surface area contributed by atoms with Crippen LogP contribution in [-0.4, -0.2) is 12.5 Å². The van der Waals surface area contributed by atoms with E-state index in [1.165, 1.54) is 5.57 Å². The molecule has 16 heavy (non-hydrogen) atoms. The smallest absolute Gasteiger partial charge is 0.252 e. The fraction of sp³-hybridized carbons (Fsp3) is 0.214. The van der Waals surface area contributed by atoms with Crippen LogP contribution in [-0.2, 0) is 0 Å². The molecule has 0 saturated carbocycles. The van der Waals surface area contributed by atoms with E-state index in [2.05, 4.69) is 11.2 Å². The molecule has 0 heterocycles. The zero-order chi connectivity index (χ0) is 12.0. The summed E-state index contributed by atoms with van der Waals surface area (Å²) in [5, 5.41) is 2.79. The number of terminal acetylenes is 1. The van der Waals surface area contributed by atoms with Gasteiger partial charge in [-0.2, -0.15) is 0 Å². The normalized spacial score (nSPS) is 9.06. The van der Waals surface area contributed by atoms with Gasteiger partial charge >= 0.3 is 0 Å². The van der Waals surface area contributed by atoms with Crippen LogP contribution in [0.25, 0.3) is 0 Å². The van der Waals surface area contributed by atoms with Crippen LogP contribution in [0.15, 0.2) is 35.9 Å². The summed E-state index contributed by atoms with van der Waals surface area (Å²) in [5.74, 6) is 2.37. The van der Waals surface area contributed by atoms with Gasteiger partial charge in [0.15, 0.2) is 0 Å². The summed E-state index contributed by atoms with van der Waals surface area (Å²) in [7, 11) is 0. The molecule has 2 heteroatoms. The Balaban J connectivity index is 2.74.